The molecule has 1 unspecified atom stereocenters. The Bertz CT molecular complexity index is 1130. The minimum atomic E-state index is -0.546. The summed E-state index contributed by atoms with van der Waals surface area (Å²) in [6.07, 6.45) is 0.324. The molecule has 170 valence electrons. The van der Waals surface area contributed by atoms with Crippen LogP contribution in [0.2, 0.25) is 0 Å². The van der Waals surface area contributed by atoms with Crippen LogP contribution in [-0.2, 0) is 29.1 Å². The Balaban J connectivity index is 1.54. The maximum absolute atomic E-state index is 13.2. The molecule has 0 aromatic heterocycles. The molecule has 3 aromatic carbocycles. The Morgan fingerprint density at radius 1 is 1.06 bits per heavy atom. The molecule has 0 radical (unpaired) electrons. The third kappa shape index (κ3) is 5.52. The van der Waals surface area contributed by atoms with Gasteiger partial charge in [-0.2, -0.15) is 0 Å². The number of ether oxygens (including phenoxy) is 2. The number of methoxy groups -OCH3 is 1. The van der Waals surface area contributed by atoms with Gasteiger partial charge in [-0.25, -0.2) is 0 Å². The second-order valence-electron chi connectivity index (χ2n) is 8.09. The Morgan fingerprint density at radius 3 is 2.61 bits per heavy atom. The second kappa shape index (κ2) is 10.2. The molecule has 1 heterocycles. The van der Waals surface area contributed by atoms with Gasteiger partial charge in [-0.3, -0.25) is 9.59 Å². The first-order valence-corrected chi connectivity index (χ1v) is 11.1. The topological polar surface area (TPSA) is 67.9 Å². The molecule has 2 amide bonds. The van der Waals surface area contributed by atoms with Crippen LogP contribution in [0.5, 0.6) is 11.5 Å². The molecule has 1 aliphatic heterocycles. The number of benzene rings is 3. The minimum absolute atomic E-state index is 0.0498. The lowest BCUT2D eigenvalue weighted by Gasteiger charge is -2.23. The molecule has 4 rings (SSSR count). The van der Waals surface area contributed by atoms with Crippen molar-refractivity contribution in [3.8, 4) is 11.5 Å². The molecule has 0 aliphatic carbocycles. The molecule has 0 saturated carbocycles. The fourth-order valence-electron chi connectivity index (χ4n) is 3.96. The molecule has 0 fully saturated rings. The van der Waals surface area contributed by atoms with E-state index in [1.165, 1.54) is 0 Å². The van der Waals surface area contributed by atoms with Crippen molar-refractivity contribution >= 4 is 17.5 Å². The highest BCUT2D eigenvalue weighted by molar-refractivity contribution is 5.92. The summed E-state index contributed by atoms with van der Waals surface area (Å²) in [4.78, 5) is 27.5. The largest absolute Gasteiger partial charge is 0.497 e. The van der Waals surface area contributed by atoms with E-state index in [1.54, 1.807) is 12.0 Å². The SMILES string of the molecule is CCC1Oc2ccc(NC(=O)Cc3ccccc3)cc2CN(Cc2cccc(OC)c2)C1=O. The van der Waals surface area contributed by atoms with E-state index in [-0.39, 0.29) is 11.8 Å². The van der Waals surface area contributed by atoms with E-state index in [4.69, 9.17) is 9.47 Å². The van der Waals surface area contributed by atoms with Crippen LogP contribution in [0.1, 0.15) is 30.0 Å². The van der Waals surface area contributed by atoms with Gasteiger partial charge in [-0.05, 0) is 47.9 Å². The summed E-state index contributed by atoms with van der Waals surface area (Å²) in [6, 6.07) is 22.9. The number of amides is 2. The summed E-state index contributed by atoms with van der Waals surface area (Å²) >= 11 is 0. The normalized spacial score (nSPS) is 15.3. The highest BCUT2D eigenvalue weighted by atomic mass is 16.5. The van der Waals surface area contributed by atoms with Crippen LogP contribution in [-0.4, -0.2) is 29.9 Å². The van der Waals surface area contributed by atoms with Crippen LogP contribution < -0.4 is 14.8 Å². The number of nitrogens with zero attached hydrogens (tertiary/aromatic N) is 1. The predicted molar refractivity (Wildman–Crippen MR) is 127 cm³/mol. The van der Waals surface area contributed by atoms with Gasteiger partial charge in [0.1, 0.15) is 11.5 Å². The van der Waals surface area contributed by atoms with E-state index in [0.717, 1.165) is 22.4 Å². The number of nitrogens with one attached hydrogen (secondary N) is 1. The van der Waals surface area contributed by atoms with Crippen molar-refractivity contribution in [3.63, 3.8) is 0 Å². The van der Waals surface area contributed by atoms with E-state index >= 15 is 0 Å². The van der Waals surface area contributed by atoms with E-state index in [2.05, 4.69) is 5.32 Å². The first kappa shape index (κ1) is 22.4. The number of fused-ring (bicyclic) bond motifs is 1. The van der Waals surface area contributed by atoms with Gasteiger partial charge in [0, 0.05) is 24.3 Å². The van der Waals surface area contributed by atoms with E-state index < -0.39 is 6.10 Å². The molecule has 1 atom stereocenters. The van der Waals surface area contributed by atoms with Crippen molar-refractivity contribution in [2.75, 3.05) is 12.4 Å². The average Bonchev–Trinajstić information content (AvgIpc) is 2.95. The van der Waals surface area contributed by atoms with Crippen LogP contribution in [0, 0.1) is 0 Å². The molecule has 1 N–H and O–H groups in total. The van der Waals surface area contributed by atoms with Crippen molar-refractivity contribution in [2.45, 2.75) is 39.0 Å². The van der Waals surface area contributed by atoms with Crippen LogP contribution in [0.4, 0.5) is 5.69 Å². The van der Waals surface area contributed by atoms with Crippen molar-refractivity contribution in [1.82, 2.24) is 4.90 Å². The summed E-state index contributed by atoms with van der Waals surface area (Å²) in [6.45, 7) is 2.78. The standard InChI is InChI=1S/C27H28N2O4/c1-3-24-27(31)29(17-20-10-7-11-23(14-20)32-2)18-21-16-22(12-13-25(21)33-24)28-26(30)15-19-8-5-4-6-9-19/h4-14,16,24H,3,15,17-18H2,1-2H3,(H,28,30). The van der Waals surface area contributed by atoms with Gasteiger partial charge in [0.05, 0.1) is 13.5 Å². The van der Waals surface area contributed by atoms with Crippen LogP contribution >= 0.6 is 0 Å². The lowest BCUT2D eigenvalue weighted by atomic mass is 10.1. The van der Waals surface area contributed by atoms with Gasteiger partial charge in [-0.15, -0.1) is 0 Å². The van der Waals surface area contributed by atoms with Gasteiger partial charge in [-0.1, -0.05) is 49.4 Å². The number of carbonyl (C=O) groups is 2. The summed E-state index contributed by atoms with van der Waals surface area (Å²) < 4.78 is 11.4. The molecule has 0 saturated heterocycles. The number of anilines is 1. The number of hydrogen-bond acceptors (Lipinski definition) is 4. The van der Waals surface area contributed by atoms with E-state index in [1.807, 2.05) is 79.7 Å². The average molecular weight is 445 g/mol. The van der Waals surface area contributed by atoms with Crippen LogP contribution in [0.25, 0.3) is 0 Å². The van der Waals surface area contributed by atoms with Crippen LogP contribution in [0.15, 0.2) is 72.8 Å². The third-order valence-corrected chi connectivity index (χ3v) is 5.65. The van der Waals surface area contributed by atoms with Crippen molar-refractivity contribution in [2.24, 2.45) is 0 Å². The first-order chi connectivity index (χ1) is 16.1. The Kier molecular flexibility index (Phi) is 6.93. The van der Waals surface area contributed by atoms with E-state index in [0.29, 0.717) is 37.4 Å². The monoisotopic (exact) mass is 444 g/mol. The highest BCUT2D eigenvalue weighted by Crippen LogP contribution is 2.30. The molecule has 3 aromatic rings. The van der Waals surface area contributed by atoms with Crippen LogP contribution in [0.3, 0.4) is 0 Å². The molecular formula is C27H28N2O4. The fourth-order valence-corrected chi connectivity index (χ4v) is 3.96. The summed E-state index contributed by atoms with van der Waals surface area (Å²) in [5.41, 5.74) is 3.48. The van der Waals surface area contributed by atoms with Gasteiger partial charge in [0.15, 0.2) is 6.10 Å². The Labute approximate surface area is 194 Å². The molecule has 1 aliphatic rings. The molecule has 6 heteroatoms. The van der Waals surface area contributed by atoms with E-state index in [9.17, 15) is 9.59 Å². The molecule has 6 nitrogen and oxygen atoms in total. The number of carbonyl (C=O) groups excluding carboxylic acids is 2. The first-order valence-electron chi connectivity index (χ1n) is 11.1. The zero-order chi connectivity index (χ0) is 23.2. The Hall–Kier alpha value is -3.80. The lowest BCUT2D eigenvalue weighted by molar-refractivity contribution is -0.139. The number of hydrogen-bond donors (Lipinski definition) is 1. The zero-order valence-electron chi connectivity index (χ0n) is 18.9. The van der Waals surface area contributed by atoms with Gasteiger partial charge in [0.2, 0.25) is 5.91 Å². The fraction of sp³-hybridized carbons (Fsp3) is 0.259. The summed E-state index contributed by atoms with van der Waals surface area (Å²) in [7, 11) is 1.63. The minimum Gasteiger partial charge on any atom is -0.497 e. The molecule has 33 heavy (non-hydrogen) atoms. The summed E-state index contributed by atoms with van der Waals surface area (Å²) in [5.74, 6) is 1.28. The maximum Gasteiger partial charge on any atom is 0.264 e. The number of rotatable bonds is 7. The highest BCUT2D eigenvalue weighted by Gasteiger charge is 2.30. The second-order valence-corrected chi connectivity index (χ2v) is 8.09. The molecule has 0 spiro atoms. The van der Waals surface area contributed by atoms with Crippen molar-refractivity contribution < 1.29 is 19.1 Å². The third-order valence-electron chi connectivity index (χ3n) is 5.65. The van der Waals surface area contributed by atoms with Gasteiger partial charge in [0.25, 0.3) is 5.91 Å². The van der Waals surface area contributed by atoms with Gasteiger partial charge < -0.3 is 19.7 Å². The van der Waals surface area contributed by atoms with Crippen molar-refractivity contribution in [3.05, 3.63) is 89.5 Å². The smallest absolute Gasteiger partial charge is 0.264 e. The Morgan fingerprint density at radius 2 is 1.85 bits per heavy atom. The predicted octanol–water partition coefficient (Wildman–Crippen LogP) is 4.58. The lowest BCUT2D eigenvalue weighted by Crippen LogP contribution is -2.38. The summed E-state index contributed by atoms with van der Waals surface area (Å²) in [5, 5.41) is 2.96. The quantitative estimate of drug-likeness (QED) is 0.579. The maximum atomic E-state index is 13.2. The molecular weight excluding hydrogens is 416 g/mol. The van der Waals surface area contributed by atoms with Gasteiger partial charge >= 0.3 is 0 Å². The molecule has 0 bridgehead atoms. The zero-order valence-corrected chi connectivity index (χ0v) is 18.9. The van der Waals surface area contributed by atoms with Crippen molar-refractivity contribution in [1.29, 1.82) is 0 Å².